The number of anilines is 1. The molecule has 1 aliphatic carbocycles. The van der Waals surface area contributed by atoms with Crippen molar-refractivity contribution in [3.8, 4) is 11.1 Å². The highest BCUT2D eigenvalue weighted by Gasteiger charge is 2.22. The van der Waals surface area contributed by atoms with E-state index in [-0.39, 0.29) is 5.56 Å². The van der Waals surface area contributed by atoms with E-state index in [0.717, 1.165) is 39.6 Å². The van der Waals surface area contributed by atoms with Gasteiger partial charge in [-0.1, -0.05) is 0 Å². The highest BCUT2D eigenvalue weighted by molar-refractivity contribution is 7.99. The van der Waals surface area contributed by atoms with Crippen LogP contribution in [-0.4, -0.2) is 32.6 Å². The molecule has 0 atom stereocenters. The third-order valence-corrected chi connectivity index (χ3v) is 6.48. The predicted octanol–water partition coefficient (Wildman–Crippen LogP) is 4.22. The predicted molar refractivity (Wildman–Crippen MR) is 117 cm³/mol. The quantitative estimate of drug-likeness (QED) is 0.522. The zero-order valence-corrected chi connectivity index (χ0v) is 17.4. The molecule has 1 fully saturated rings. The lowest BCUT2D eigenvalue weighted by molar-refractivity contribution is 0.107. The van der Waals surface area contributed by atoms with E-state index in [2.05, 4.69) is 28.5 Å². The Morgan fingerprint density at radius 1 is 1.29 bits per heavy atom. The third-order valence-electron chi connectivity index (χ3n) is 5.05. The standard InChI is InChI=1S/C22H27N3O2S/c1-22(2,27)13-28-15-6-7-19(24-11-14-4-5-14)17(10-15)18-12-25(3)21(26)20-16(18)8-9-23-20/h6-10,12,14,23-24,27H,4-5,11,13H2,1-3H3. The maximum Gasteiger partial charge on any atom is 0.274 e. The minimum atomic E-state index is -0.724. The molecule has 2 heterocycles. The molecule has 3 aromatic rings. The Bertz CT molecular complexity index is 1060. The summed E-state index contributed by atoms with van der Waals surface area (Å²) in [7, 11) is 1.79. The fourth-order valence-electron chi connectivity index (χ4n) is 3.31. The number of aromatic amines is 1. The van der Waals surface area contributed by atoms with Crippen molar-refractivity contribution in [3.05, 3.63) is 47.0 Å². The van der Waals surface area contributed by atoms with Gasteiger partial charge in [0.1, 0.15) is 5.52 Å². The van der Waals surface area contributed by atoms with E-state index in [4.69, 9.17) is 0 Å². The van der Waals surface area contributed by atoms with Gasteiger partial charge >= 0.3 is 0 Å². The number of pyridine rings is 1. The molecule has 0 unspecified atom stereocenters. The molecule has 1 aromatic carbocycles. The van der Waals surface area contributed by atoms with Gasteiger partial charge in [0, 0.05) is 58.8 Å². The van der Waals surface area contributed by atoms with Crippen LogP contribution in [0.1, 0.15) is 26.7 Å². The SMILES string of the molecule is Cn1cc(-c2cc(SCC(C)(C)O)ccc2NCC2CC2)c2cc[nH]c2c1=O. The van der Waals surface area contributed by atoms with Crippen LogP contribution in [0.4, 0.5) is 5.69 Å². The molecule has 28 heavy (non-hydrogen) atoms. The molecule has 0 saturated heterocycles. The number of hydrogen-bond acceptors (Lipinski definition) is 4. The molecule has 2 aromatic heterocycles. The molecule has 5 nitrogen and oxygen atoms in total. The topological polar surface area (TPSA) is 70.0 Å². The number of H-pyrrole nitrogens is 1. The van der Waals surface area contributed by atoms with Crippen molar-refractivity contribution >= 4 is 28.4 Å². The molecule has 4 rings (SSSR count). The normalized spacial score (nSPS) is 14.6. The van der Waals surface area contributed by atoms with Gasteiger partial charge in [0.2, 0.25) is 0 Å². The fourth-order valence-corrected chi connectivity index (χ4v) is 4.20. The molecular weight excluding hydrogens is 370 g/mol. The van der Waals surface area contributed by atoms with Crippen LogP contribution in [0, 0.1) is 5.92 Å². The number of nitrogens with one attached hydrogen (secondary N) is 2. The molecule has 6 heteroatoms. The summed E-state index contributed by atoms with van der Waals surface area (Å²) in [4.78, 5) is 16.6. The maximum absolute atomic E-state index is 12.4. The summed E-state index contributed by atoms with van der Waals surface area (Å²) in [6.07, 6.45) is 6.33. The number of aryl methyl sites for hydroxylation is 1. The van der Waals surface area contributed by atoms with E-state index in [1.807, 2.05) is 32.3 Å². The first-order valence-corrected chi connectivity index (χ1v) is 10.7. The molecule has 1 saturated carbocycles. The number of thioether (sulfide) groups is 1. The summed E-state index contributed by atoms with van der Waals surface area (Å²) >= 11 is 1.64. The Morgan fingerprint density at radius 3 is 2.79 bits per heavy atom. The smallest absolute Gasteiger partial charge is 0.274 e. The number of hydrogen-bond donors (Lipinski definition) is 3. The molecule has 0 radical (unpaired) electrons. The second-order valence-corrected chi connectivity index (χ2v) is 9.41. The lowest BCUT2D eigenvalue weighted by Gasteiger charge is -2.18. The fraction of sp³-hybridized carbons (Fsp3) is 0.409. The van der Waals surface area contributed by atoms with Gasteiger partial charge in [-0.25, -0.2) is 0 Å². The monoisotopic (exact) mass is 397 g/mol. The van der Waals surface area contributed by atoms with E-state index in [1.165, 1.54) is 12.8 Å². The molecule has 0 aliphatic heterocycles. The van der Waals surface area contributed by atoms with Crippen LogP contribution >= 0.6 is 11.8 Å². The van der Waals surface area contributed by atoms with Crippen LogP contribution in [0.2, 0.25) is 0 Å². The van der Waals surface area contributed by atoms with E-state index >= 15 is 0 Å². The summed E-state index contributed by atoms with van der Waals surface area (Å²) in [5.74, 6) is 1.39. The molecule has 0 bridgehead atoms. The maximum atomic E-state index is 12.4. The number of aliphatic hydroxyl groups is 1. The van der Waals surface area contributed by atoms with Gasteiger partial charge in [-0.15, -0.1) is 11.8 Å². The van der Waals surface area contributed by atoms with Crippen LogP contribution in [0.15, 0.2) is 46.3 Å². The average molecular weight is 398 g/mol. The first-order valence-electron chi connectivity index (χ1n) is 9.72. The Hall–Kier alpha value is -2.18. The van der Waals surface area contributed by atoms with Crippen LogP contribution in [-0.2, 0) is 7.05 Å². The summed E-state index contributed by atoms with van der Waals surface area (Å²) in [6, 6.07) is 8.35. The van der Waals surface area contributed by atoms with Crippen molar-refractivity contribution in [1.82, 2.24) is 9.55 Å². The van der Waals surface area contributed by atoms with Gasteiger partial charge in [-0.3, -0.25) is 4.79 Å². The van der Waals surface area contributed by atoms with Crippen LogP contribution < -0.4 is 10.9 Å². The van der Waals surface area contributed by atoms with E-state index in [9.17, 15) is 9.90 Å². The van der Waals surface area contributed by atoms with Crippen molar-refractivity contribution in [2.24, 2.45) is 13.0 Å². The first kappa shape index (κ1) is 19.2. The summed E-state index contributed by atoms with van der Waals surface area (Å²) in [6.45, 7) is 4.62. The van der Waals surface area contributed by atoms with Crippen LogP contribution in [0.3, 0.4) is 0 Å². The van der Waals surface area contributed by atoms with Crippen LogP contribution in [0.25, 0.3) is 22.0 Å². The average Bonchev–Trinajstić information content (AvgIpc) is 3.35. The molecule has 148 valence electrons. The Labute approximate surface area is 169 Å². The van der Waals surface area contributed by atoms with Crippen molar-refractivity contribution in [1.29, 1.82) is 0 Å². The van der Waals surface area contributed by atoms with Crippen molar-refractivity contribution in [2.45, 2.75) is 37.2 Å². The lowest BCUT2D eigenvalue weighted by atomic mass is 10.0. The first-order chi connectivity index (χ1) is 13.3. The highest BCUT2D eigenvalue weighted by atomic mass is 32.2. The molecular formula is C22H27N3O2S. The molecule has 0 amide bonds. The Morgan fingerprint density at radius 2 is 2.07 bits per heavy atom. The second kappa shape index (κ2) is 7.33. The number of rotatable bonds is 7. The van der Waals surface area contributed by atoms with Gasteiger partial charge in [0.25, 0.3) is 5.56 Å². The number of benzene rings is 1. The van der Waals surface area contributed by atoms with Gasteiger partial charge in [0.15, 0.2) is 0 Å². The summed E-state index contributed by atoms with van der Waals surface area (Å²) in [5, 5.41) is 14.6. The number of fused-ring (bicyclic) bond motifs is 1. The third kappa shape index (κ3) is 4.13. The number of aromatic nitrogens is 2. The Balaban J connectivity index is 1.79. The minimum absolute atomic E-state index is 0.0243. The van der Waals surface area contributed by atoms with Gasteiger partial charge in [0.05, 0.1) is 5.60 Å². The molecule has 1 aliphatic rings. The van der Waals surface area contributed by atoms with Crippen molar-refractivity contribution < 1.29 is 5.11 Å². The van der Waals surface area contributed by atoms with Crippen molar-refractivity contribution in [3.63, 3.8) is 0 Å². The molecule has 3 N–H and O–H groups in total. The van der Waals surface area contributed by atoms with Crippen molar-refractivity contribution in [2.75, 3.05) is 17.6 Å². The van der Waals surface area contributed by atoms with Gasteiger partial charge < -0.3 is 20.0 Å². The largest absolute Gasteiger partial charge is 0.390 e. The zero-order valence-electron chi connectivity index (χ0n) is 16.6. The number of nitrogens with zero attached hydrogens (tertiary/aromatic N) is 1. The van der Waals surface area contributed by atoms with Crippen LogP contribution in [0.5, 0.6) is 0 Å². The second-order valence-electron chi connectivity index (χ2n) is 8.36. The van der Waals surface area contributed by atoms with E-state index in [0.29, 0.717) is 11.3 Å². The summed E-state index contributed by atoms with van der Waals surface area (Å²) in [5.41, 5.74) is 3.08. The Kier molecular flexibility index (Phi) is 5.02. The van der Waals surface area contributed by atoms with E-state index < -0.39 is 5.60 Å². The highest BCUT2D eigenvalue weighted by Crippen LogP contribution is 2.37. The van der Waals surface area contributed by atoms with E-state index in [1.54, 1.807) is 23.4 Å². The lowest BCUT2D eigenvalue weighted by Crippen LogP contribution is -2.21. The van der Waals surface area contributed by atoms with Gasteiger partial charge in [-0.2, -0.15) is 0 Å². The summed E-state index contributed by atoms with van der Waals surface area (Å²) < 4.78 is 1.63. The molecule has 0 spiro atoms. The zero-order chi connectivity index (χ0) is 19.9. The minimum Gasteiger partial charge on any atom is -0.390 e. The van der Waals surface area contributed by atoms with Gasteiger partial charge in [-0.05, 0) is 56.9 Å².